The summed E-state index contributed by atoms with van der Waals surface area (Å²) in [5, 5.41) is 0. The molecule has 1 aromatic carbocycles. The van der Waals surface area contributed by atoms with Crippen molar-refractivity contribution in [3.8, 4) is 5.75 Å². The molecule has 102 valence electrons. The molecule has 1 rings (SSSR count). The highest BCUT2D eigenvalue weighted by molar-refractivity contribution is 7.90. The third kappa shape index (κ3) is 6.46. The second-order valence-electron chi connectivity index (χ2n) is 4.35. The number of nitrogens with two attached hydrogens (primary N) is 1. The molecule has 5 nitrogen and oxygen atoms in total. The number of nitrogens with zero attached hydrogens (tertiary/aromatic N) is 1. The third-order valence-corrected chi connectivity index (χ3v) is 3.37. The first-order valence-electron chi connectivity index (χ1n) is 5.71. The Balaban J connectivity index is 2.25. The molecule has 6 heteroatoms. The van der Waals surface area contributed by atoms with E-state index in [9.17, 15) is 8.42 Å². The van der Waals surface area contributed by atoms with Gasteiger partial charge in [0.15, 0.2) is 0 Å². The molecule has 0 aliphatic rings. The monoisotopic (exact) mass is 272 g/mol. The first-order chi connectivity index (χ1) is 8.37. The van der Waals surface area contributed by atoms with Gasteiger partial charge in [-0.1, -0.05) is 6.07 Å². The molecule has 0 amide bonds. The number of ether oxygens (including phenoxy) is 1. The van der Waals surface area contributed by atoms with Crippen LogP contribution in [-0.2, 0) is 9.84 Å². The Morgan fingerprint density at radius 1 is 1.33 bits per heavy atom. The Morgan fingerprint density at radius 2 is 2.06 bits per heavy atom. The van der Waals surface area contributed by atoms with Crippen molar-refractivity contribution < 1.29 is 13.2 Å². The molecule has 0 radical (unpaired) electrons. The van der Waals surface area contributed by atoms with E-state index < -0.39 is 9.84 Å². The average Bonchev–Trinajstić information content (AvgIpc) is 2.25. The number of sulfone groups is 1. The van der Waals surface area contributed by atoms with Gasteiger partial charge in [0.1, 0.15) is 22.2 Å². The number of likely N-dealkylation sites (N-methyl/N-ethyl adjacent to an activating group) is 1. The van der Waals surface area contributed by atoms with E-state index in [1.807, 2.05) is 24.1 Å². The second-order valence-corrected chi connectivity index (χ2v) is 6.61. The highest BCUT2D eigenvalue weighted by atomic mass is 32.2. The fourth-order valence-corrected chi connectivity index (χ4v) is 2.00. The predicted octanol–water partition coefficient (Wildman–Crippen LogP) is 0.624. The molecular formula is C12H20N2O3S. The minimum absolute atomic E-state index is 0.168. The van der Waals surface area contributed by atoms with E-state index in [0.717, 1.165) is 5.75 Å². The maximum Gasteiger partial charge on any atom is 0.148 e. The van der Waals surface area contributed by atoms with Gasteiger partial charge in [-0.25, -0.2) is 8.42 Å². The van der Waals surface area contributed by atoms with Gasteiger partial charge < -0.3 is 15.4 Å². The number of hydrogen-bond acceptors (Lipinski definition) is 5. The smallest absolute Gasteiger partial charge is 0.148 e. The molecule has 0 heterocycles. The molecule has 0 atom stereocenters. The molecule has 0 spiro atoms. The van der Waals surface area contributed by atoms with Gasteiger partial charge in [-0.15, -0.1) is 0 Å². The summed E-state index contributed by atoms with van der Waals surface area (Å²) in [6, 6.07) is 7.23. The van der Waals surface area contributed by atoms with E-state index in [2.05, 4.69) is 0 Å². The van der Waals surface area contributed by atoms with Gasteiger partial charge in [0.2, 0.25) is 0 Å². The standard InChI is InChI=1S/C12H20N2O3S/c1-14(7-9-18(2,15)16)6-8-17-12-5-3-4-11(13)10-12/h3-5,10H,6-9,13H2,1-2H3. The van der Waals surface area contributed by atoms with Crippen molar-refractivity contribution in [2.24, 2.45) is 0 Å². The lowest BCUT2D eigenvalue weighted by atomic mass is 10.3. The van der Waals surface area contributed by atoms with Crippen molar-refractivity contribution in [2.45, 2.75) is 0 Å². The summed E-state index contributed by atoms with van der Waals surface area (Å²) >= 11 is 0. The minimum Gasteiger partial charge on any atom is -0.492 e. The summed E-state index contributed by atoms with van der Waals surface area (Å²) in [4.78, 5) is 1.92. The molecule has 0 aliphatic heterocycles. The Hall–Kier alpha value is -1.27. The van der Waals surface area contributed by atoms with Crippen molar-refractivity contribution in [2.75, 3.05) is 44.5 Å². The molecule has 0 aromatic heterocycles. The molecule has 0 saturated heterocycles. The fraction of sp³-hybridized carbons (Fsp3) is 0.500. The van der Waals surface area contributed by atoms with Crippen LogP contribution < -0.4 is 10.5 Å². The normalized spacial score (nSPS) is 11.7. The molecular weight excluding hydrogens is 252 g/mol. The van der Waals surface area contributed by atoms with Crippen LogP contribution in [0.15, 0.2) is 24.3 Å². The van der Waals surface area contributed by atoms with E-state index in [4.69, 9.17) is 10.5 Å². The van der Waals surface area contributed by atoms with E-state index in [0.29, 0.717) is 25.4 Å². The van der Waals surface area contributed by atoms with E-state index in [1.54, 1.807) is 12.1 Å². The van der Waals surface area contributed by atoms with Gasteiger partial charge in [-0.05, 0) is 19.2 Å². The van der Waals surface area contributed by atoms with Crippen LogP contribution in [0, 0.1) is 0 Å². The number of rotatable bonds is 7. The van der Waals surface area contributed by atoms with Crippen molar-refractivity contribution in [3.63, 3.8) is 0 Å². The maximum atomic E-state index is 11.0. The molecule has 0 saturated carbocycles. The lowest BCUT2D eigenvalue weighted by molar-refractivity contribution is 0.244. The molecule has 0 unspecified atom stereocenters. The molecule has 0 bridgehead atoms. The van der Waals surface area contributed by atoms with Crippen LogP contribution in [0.5, 0.6) is 5.75 Å². The number of anilines is 1. The lowest BCUT2D eigenvalue weighted by Crippen LogP contribution is -2.29. The van der Waals surface area contributed by atoms with Gasteiger partial charge in [0.25, 0.3) is 0 Å². The number of hydrogen-bond donors (Lipinski definition) is 1. The van der Waals surface area contributed by atoms with Gasteiger partial charge >= 0.3 is 0 Å². The molecule has 0 fully saturated rings. The highest BCUT2D eigenvalue weighted by Gasteiger charge is 2.05. The molecule has 2 N–H and O–H groups in total. The van der Waals surface area contributed by atoms with E-state index >= 15 is 0 Å². The Bertz CT molecular complexity index is 474. The fourth-order valence-electron chi connectivity index (χ4n) is 1.36. The van der Waals surface area contributed by atoms with Crippen molar-refractivity contribution in [3.05, 3.63) is 24.3 Å². The Morgan fingerprint density at radius 3 is 2.67 bits per heavy atom. The van der Waals surface area contributed by atoms with Gasteiger partial charge in [0, 0.05) is 31.1 Å². The zero-order chi connectivity index (χ0) is 13.6. The number of benzene rings is 1. The molecule has 18 heavy (non-hydrogen) atoms. The van der Waals surface area contributed by atoms with Gasteiger partial charge in [0.05, 0.1) is 5.75 Å². The van der Waals surface area contributed by atoms with Crippen LogP contribution in [0.1, 0.15) is 0 Å². The summed E-state index contributed by atoms with van der Waals surface area (Å²) in [5.41, 5.74) is 6.29. The number of nitrogen functional groups attached to an aromatic ring is 1. The van der Waals surface area contributed by atoms with Gasteiger partial charge in [-0.3, -0.25) is 0 Å². The maximum absolute atomic E-state index is 11.0. The minimum atomic E-state index is -2.90. The molecule has 1 aromatic rings. The van der Waals surface area contributed by atoms with Crippen LogP contribution in [-0.4, -0.2) is 52.1 Å². The topological polar surface area (TPSA) is 72.6 Å². The SMILES string of the molecule is CN(CCOc1cccc(N)c1)CCS(C)(=O)=O. The summed E-state index contributed by atoms with van der Waals surface area (Å²) in [6.07, 6.45) is 1.24. The van der Waals surface area contributed by atoms with E-state index in [-0.39, 0.29) is 5.75 Å². The average molecular weight is 272 g/mol. The highest BCUT2D eigenvalue weighted by Crippen LogP contribution is 2.14. The predicted molar refractivity (Wildman–Crippen MR) is 73.6 cm³/mol. The van der Waals surface area contributed by atoms with Crippen LogP contribution in [0.25, 0.3) is 0 Å². The van der Waals surface area contributed by atoms with Crippen LogP contribution in [0.4, 0.5) is 5.69 Å². The third-order valence-electron chi connectivity index (χ3n) is 2.44. The zero-order valence-corrected chi connectivity index (χ0v) is 11.6. The van der Waals surface area contributed by atoms with Crippen molar-refractivity contribution in [1.82, 2.24) is 4.90 Å². The van der Waals surface area contributed by atoms with Crippen LogP contribution in [0.3, 0.4) is 0 Å². The van der Waals surface area contributed by atoms with Crippen molar-refractivity contribution in [1.29, 1.82) is 0 Å². The summed E-state index contributed by atoms with van der Waals surface area (Å²) in [7, 11) is -1.03. The van der Waals surface area contributed by atoms with E-state index in [1.165, 1.54) is 6.26 Å². The van der Waals surface area contributed by atoms with Crippen molar-refractivity contribution >= 4 is 15.5 Å². The van der Waals surface area contributed by atoms with Gasteiger partial charge in [-0.2, -0.15) is 0 Å². The zero-order valence-electron chi connectivity index (χ0n) is 10.8. The van der Waals surface area contributed by atoms with Crippen LogP contribution in [0.2, 0.25) is 0 Å². The summed E-state index contributed by atoms with van der Waals surface area (Å²) in [5.74, 6) is 0.897. The lowest BCUT2D eigenvalue weighted by Gasteiger charge is -2.16. The quantitative estimate of drug-likeness (QED) is 0.737. The largest absolute Gasteiger partial charge is 0.492 e. The Kier molecular flexibility index (Phi) is 5.43. The summed E-state index contributed by atoms with van der Waals surface area (Å²) in [6.45, 7) is 1.69. The van der Waals surface area contributed by atoms with Crippen LogP contribution >= 0.6 is 0 Å². The second kappa shape index (κ2) is 6.61. The first kappa shape index (κ1) is 14.8. The molecule has 0 aliphatic carbocycles. The first-order valence-corrected chi connectivity index (χ1v) is 7.77. The Labute approximate surface area is 108 Å². The summed E-state index contributed by atoms with van der Waals surface area (Å²) < 4.78 is 27.5.